The van der Waals surface area contributed by atoms with Gasteiger partial charge in [-0.2, -0.15) is 0 Å². The van der Waals surface area contributed by atoms with Crippen LogP contribution in [0.3, 0.4) is 0 Å². The summed E-state index contributed by atoms with van der Waals surface area (Å²) in [4.78, 5) is 28.0. The fraction of sp³-hybridized carbons (Fsp3) is 0.440. The molecule has 0 unspecified atom stereocenters. The van der Waals surface area contributed by atoms with E-state index < -0.39 is 6.04 Å². The lowest BCUT2D eigenvalue weighted by atomic mass is 9.95. The third-order valence-electron chi connectivity index (χ3n) is 5.69. The molecule has 6 heteroatoms. The molecule has 0 bridgehead atoms. The van der Waals surface area contributed by atoms with Crippen LogP contribution in [-0.4, -0.2) is 35.4 Å². The highest BCUT2D eigenvalue weighted by Gasteiger charge is 2.30. The molecule has 1 aliphatic carbocycles. The number of nitrogens with one attached hydrogen (secondary N) is 1. The molecule has 1 aliphatic rings. The van der Waals surface area contributed by atoms with E-state index in [1.165, 1.54) is 6.42 Å². The fourth-order valence-corrected chi connectivity index (χ4v) is 4.21. The molecule has 0 aromatic heterocycles. The van der Waals surface area contributed by atoms with E-state index in [9.17, 15) is 9.59 Å². The number of halogens is 1. The summed E-state index contributed by atoms with van der Waals surface area (Å²) in [5.41, 5.74) is 0.975. The standard InChI is InChI=1S/C25H31ClN2O3/c1-2-23(25(30)27-21-13-7-4-8-14-21)28(17-19-10-5-3-6-11-19)24(29)18-31-22-15-9-12-20(26)16-22/h3,5-6,9-12,15-16,21,23H,2,4,7-8,13-14,17-18H2,1H3,(H,27,30)/t23-/m0/s1. The molecule has 0 radical (unpaired) electrons. The van der Waals surface area contributed by atoms with E-state index in [1.54, 1.807) is 29.2 Å². The van der Waals surface area contributed by atoms with Crippen LogP contribution in [-0.2, 0) is 16.1 Å². The van der Waals surface area contributed by atoms with Crippen molar-refractivity contribution in [2.75, 3.05) is 6.61 Å². The number of benzene rings is 2. The minimum absolute atomic E-state index is 0.0820. The maximum atomic E-state index is 13.2. The minimum atomic E-state index is -0.544. The van der Waals surface area contributed by atoms with Crippen LogP contribution in [0.25, 0.3) is 0 Å². The van der Waals surface area contributed by atoms with Gasteiger partial charge in [0, 0.05) is 17.6 Å². The second-order valence-corrected chi connectivity index (χ2v) is 8.46. The molecule has 0 spiro atoms. The Labute approximate surface area is 189 Å². The predicted molar refractivity (Wildman–Crippen MR) is 123 cm³/mol. The van der Waals surface area contributed by atoms with Gasteiger partial charge in [-0.1, -0.05) is 74.2 Å². The molecule has 1 N–H and O–H groups in total. The van der Waals surface area contributed by atoms with Gasteiger partial charge in [0.2, 0.25) is 5.91 Å². The number of carbonyl (C=O) groups is 2. The van der Waals surface area contributed by atoms with Crippen molar-refractivity contribution in [3.8, 4) is 5.75 Å². The van der Waals surface area contributed by atoms with Crippen LogP contribution < -0.4 is 10.1 Å². The molecular formula is C25H31ClN2O3. The second-order valence-electron chi connectivity index (χ2n) is 8.02. The molecule has 0 aliphatic heterocycles. The van der Waals surface area contributed by atoms with E-state index in [2.05, 4.69) is 5.32 Å². The van der Waals surface area contributed by atoms with Crippen LogP contribution in [0.15, 0.2) is 54.6 Å². The van der Waals surface area contributed by atoms with Crippen molar-refractivity contribution in [2.24, 2.45) is 0 Å². The first-order chi connectivity index (χ1) is 15.1. The van der Waals surface area contributed by atoms with Crippen LogP contribution in [0.1, 0.15) is 51.0 Å². The highest BCUT2D eigenvalue weighted by atomic mass is 35.5. The molecule has 0 saturated heterocycles. The maximum absolute atomic E-state index is 13.2. The van der Waals surface area contributed by atoms with Crippen molar-refractivity contribution < 1.29 is 14.3 Å². The van der Waals surface area contributed by atoms with Crippen molar-refractivity contribution in [3.63, 3.8) is 0 Å². The van der Waals surface area contributed by atoms with Crippen LogP contribution in [0, 0.1) is 0 Å². The number of hydrogen-bond donors (Lipinski definition) is 1. The first-order valence-corrected chi connectivity index (χ1v) is 11.5. The van der Waals surface area contributed by atoms with Gasteiger partial charge in [0.1, 0.15) is 11.8 Å². The van der Waals surface area contributed by atoms with Crippen LogP contribution in [0.2, 0.25) is 5.02 Å². The van der Waals surface area contributed by atoms with Gasteiger partial charge >= 0.3 is 0 Å². The Kier molecular flexibility index (Phi) is 8.77. The van der Waals surface area contributed by atoms with E-state index in [-0.39, 0.29) is 24.5 Å². The Hall–Kier alpha value is -2.53. The number of ether oxygens (including phenoxy) is 1. The molecule has 1 saturated carbocycles. The Morgan fingerprint density at radius 3 is 2.52 bits per heavy atom. The number of rotatable bonds is 9. The topological polar surface area (TPSA) is 58.6 Å². The van der Waals surface area contributed by atoms with E-state index in [1.807, 2.05) is 37.3 Å². The average molecular weight is 443 g/mol. The van der Waals surface area contributed by atoms with E-state index in [0.717, 1.165) is 31.2 Å². The third-order valence-corrected chi connectivity index (χ3v) is 5.93. The largest absolute Gasteiger partial charge is 0.484 e. The van der Waals surface area contributed by atoms with Crippen LogP contribution >= 0.6 is 11.6 Å². The van der Waals surface area contributed by atoms with Gasteiger partial charge in [0.25, 0.3) is 5.91 Å². The SMILES string of the molecule is CC[C@@H](C(=O)NC1CCCCC1)N(Cc1ccccc1)C(=O)COc1cccc(Cl)c1. The maximum Gasteiger partial charge on any atom is 0.261 e. The van der Waals surface area contributed by atoms with Gasteiger partial charge in [0.15, 0.2) is 6.61 Å². The molecule has 1 atom stereocenters. The van der Waals surface area contributed by atoms with E-state index >= 15 is 0 Å². The lowest BCUT2D eigenvalue weighted by Crippen LogP contribution is -2.52. The van der Waals surface area contributed by atoms with Gasteiger partial charge in [-0.05, 0) is 43.0 Å². The molecule has 166 valence electrons. The van der Waals surface area contributed by atoms with Gasteiger partial charge < -0.3 is 15.0 Å². The molecule has 5 nitrogen and oxygen atoms in total. The summed E-state index contributed by atoms with van der Waals surface area (Å²) in [7, 11) is 0. The minimum Gasteiger partial charge on any atom is -0.484 e. The van der Waals surface area contributed by atoms with Crippen molar-refractivity contribution in [1.29, 1.82) is 0 Å². The van der Waals surface area contributed by atoms with Gasteiger partial charge in [-0.15, -0.1) is 0 Å². The van der Waals surface area contributed by atoms with Gasteiger partial charge in [-0.3, -0.25) is 9.59 Å². The summed E-state index contributed by atoms with van der Waals surface area (Å²) in [6.45, 7) is 2.14. The quantitative estimate of drug-likeness (QED) is 0.596. The first kappa shape index (κ1) is 23.1. The summed E-state index contributed by atoms with van der Waals surface area (Å²) in [5.74, 6) is 0.219. The van der Waals surface area contributed by atoms with Gasteiger partial charge in [0.05, 0.1) is 0 Å². The molecule has 2 aromatic rings. The number of carbonyl (C=O) groups excluding carboxylic acids is 2. The average Bonchev–Trinajstić information content (AvgIpc) is 2.79. The lowest BCUT2D eigenvalue weighted by Gasteiger charge is -2.32. The third kappa shape index (κ3) is 7.00. The Balaban J connectivity index is 1.72. The number of amides is 2. The molecule has 2 amide bonds. The molecule has 0 heterocycles. The monoisotopic (exact) mass is 442 g/mol. The Bertz CT molecular complexity index is 853. The summed E-state index contributed by atoms with van der Waals surface area (Å²) in [5, 5.41) is 3.73. The molecular weight excluding hydrogens is 412 g/mol. The van der Waals surface area contributed by atoms with E-state index in [0.29, 0.717) is 23.7 Å². The first-order valence-electron chi connectivity index (χ1n) is 11.1. The molecule has 31 heavy (non-hydrogen) atoms. The van der Waals surface area contributed by atoms with E-state index in [4.69, 9.17) is 16.3 Å². The molecule has 3 rings (SSSR count). The Morgan fingerprint density at radius 2 is 1.84 bits per heavy atom. The van der Waals surface area contributed by atoms with Crippen LogP contribution in [0.5, 0.6) is 5.75 Å². The van der Waals surface area contributed by atoms with Crippen molar-refractivity contribution in [3.05, 3.63) is 65.2 Å². The molecule has 1 fully saturated rings. The highest BCUT2D eigenvalue weighted by molar-refractivity contribution is 6.30. The summed E-state index contributed by atoms with van der Waals surface area (Å²) >= 11 is 6.01. The summed E-state index contributed by atoms with van der Waals surface area (Å²) in [6.07, 6.45) is 6.06. The zero-order valence-corrected chi connectivity index (χ0v) is 18.8. The zero-order chi connectivity index (χ0) is 22.1. The predicted octanol–water partition coefficient (Wildman–Crippen LogP) is 4.98. The van der Waals surface area contributed by atoms with Crippen LogP contribution in [0.4, 0.5) is 0 Å². The highest BCUT2D eigenvalue weighted by Crippen LogP contribution is 2.20. The zero-order valence-electron chi connectivity index (χ0n) is 18.1. The van der Waals surface area contributed by atoms with Gasteiger partial charge in [-0.25, -0.2) is 0 Å². The Morgan fingerprint density at radius 1 is 1.10 bits per heavy atom. The summed E-state index contributed by atoms with van der Waals surface area (Å²) in [6, 6.07) is 16.3. The fourth-order valence-electron chi connectivity index (χ4n) is 4.03. The number of hydrogen-bond acceptors (Lipinski definition) is 3. The smallest absolute Gasteiger partial charge is 0.261 e. The lowest BCUT2D eigenvalue weighted by molar-refractivity contribution is -0.143. The molecule has 2 aromatic carbocycles. The van der Waals surface area contributed by atoms with Crippen molar-refractivity contribution in [2.45, 2.75) is 64.1 Å². The normalized spacial score (nSPS) is 15.2. The summed E-state index contributed by atoms with van der Waals surface area (Å²) < 4.78 is 5.68. The number of nitrogens with zero attached hydrogens (tertiary/aromatic N) is 1. The van der Waals surface area contributed by atoms with Crippen molar-refractivity contribution in [1.82, 2.24) is 10.2 Å². The van der Waals surface area contributed by atoms with Crippen molar-refractivity contribution >= 4 is 23.4 Å². The second kappa shape index (κ2) is 11.8.